The molecule has 1 fully saturated rings. The van der Waals surface area contributed by atoms with Gasteiger partial charge in [-0.25, -0.2) is 0 Å². The zero-order valence-corrected chi connectivity index (χ0v) is 13.7. The lowest BCUT2D eigenvalue weighted by Crippen LogP contribution is -2.71. The Morgan fingerprint density at radius 3 is 2.12 bits per heavy atom. The van der Waals surface area contributed by atoms with Crippen molar-refractivity contribution in [2.24, 2.45) is 0 Å². The Kier molecular flexibility index (Phi) is 6.46. The predicted molar refractivity (Wildman–Crippen MR) is 74.2 cm³/mol. The normalized spacial score (nSPS) is 32.5. The van der Waals surface area contributed by atoms with E-state index in [2.05, 4.69) is 0 Å². The summed E-state index contributed by atoms with van der Waals surface area (Å²) in [5, 5.41) is 21.0. The highest BCUT2D eigenvalue weighted by Crippen LogP contribution is 2.39. The standard InChI is InChI=1S/C12H16ClNO10/c1-5(16)21-9-8(4-15)23-11(13)12(14(19)20,24-7(3)18)10(9)22-6(2)17/h8-11,15H,4H2,1-3H3/t8-,9-,10+,11-,12-/m1/s1. The Bertz CT molecular complexity index is 540. The number of nitro groups is 1. The zero-order chi connectivity index (χ0) is 18.7. The van der Waals surface area contributed by atoms with E-state index in [9.17, 15) is 29.6 Å². The van der Waals surface area contributed by atoms with Gasteiger partial charge in [0.25, 0.3) is 6.10 Å². The van der Waals surface area contributed by atoms with Crippen molar-refractivity contribution in [3.05, 3.63) is 10.1 Å². The van der Waals surface area contributed by atoms with Gasteiger partial charge in [0.15, 0.2) is 6.10 Å². The summed E-state index contributed by atoms with van der Waals surface area (Å²) < 4.78 is 19.6. The Morgan fingerprint density at radius 2 is 1.75 bits per heavy atom. The van der Waals surface area contributed by atoms with E-state index in [1.54, 1.807) is 0 Å². The van der Waals surface area contributed by atoms with E-state index in [-0.39, 0.29) is 0 Å². The number of aliphatic hydroxyl groups is 1. The number of rotatable bonds is 5. The van der Waals surface area contributed by atoms with Crippen LogP contribution < -0.4 is 0 Å². The zero-order valence-electron chi connectivity index (χ0n) is 13.0. The molecule has 0 aromatic rings. The summed E-state index contributed by atoms with van der Waals surface area (Å²) in [6, 6.07) is 0. The summed E-state index contributed by atoms with van der Waals surface area (Å²) in [5.41, 5.74) is -4.80. The maximum Gasteiger partial charge on any atom is 0.445 e. The van der Waals surface area contributed by atoms with E-state index in [0.29, 0.717) is 0 Å². The molecule has 0 amide bonds. The number of aliphatic hydroxyl groups excluding tert-OH is 1. The Balaban J connectivity index is 3.49. The van der Waals surface area contributed by atoms with E-state index in [0.717, 1.165) is 20.8 Å². The van der Waals surface area contributed by atoms with Crippen molar-refractivity contribution in [3.8, 4) is 0 Å². The molecule has 0 aromatic heterocycles. The fourth-order valence-electron chi connectivity index (χ4n) is 2.25. The van der Waals surface area contributed by atoms with Crippen LogP contribution in [0.4, 0.5) is 0 Å². The van der Waals surface area contributed by atoms with Gasteiger partial charge in [-0.1, -0.05) is 11.6 Å². The summed E-state index contributed by atoms with van der Waals surface area (Å²) >= 11 is 5.85. The van der Waals surface area contributed by atoms with Crippen LogP contribution in [-0.2, 0) is 33.3 Å². The van der Waals surface area contributed by atoms with Crippen molar-refractivity contribution in [1.29, 1.82) is 0 Å². The number of hydrogen-bond acceptors (Lipinski definition) is 10. The molecule has 1 saturated heterocycles. The number of esters is 3. The fraction of sp³-hybridized carbons (Fsp3) is 0.750. The maximum absolute atomic E-state index is 11.6. The van der Waals surface area contributed by atoms with Gasteiger partial charge in [0, 0.05) is 20.8 Å². The number of ether oxygens (including phenoxy) is 4. The first kappa shape index (κ1) is 20.1. The molecule has 1 rings (SSSR count). The summed E-state index contributed by atoms with van der Waals surface area (Å²) in [6.45, 7) is 2.05. The molecule has 0 unspecified atom stereocenters. The van der Waals surface area contributed by atoms with Gasteiger partial charge >= 0.3 is 23.6 Å². The van der Waals surface area contributed by atoms with Crippen LogP contribution in [0.3, 0.4) is 0 Å². The molecule has 1 N–H and O–H groups in total. The molecule has 12 heteroatoms. The molecule has 5 atom stereocenters. The molecule has 0 saturated carbocycles. The second kappa shape index (κ2) is 7.73. The lowest BCUT2D eigenvalue weighted by atomic mass is 9.94. The van der Waals surface area contributed by atoms with E-state index >= 15 is 0 Å². The summed E-state index contributed by atoms with van der Waals surface area (Å²) in [7, 11) is 0. The monoisotopic (exact) mass is 369 g/mol. The first-order valence-electron chi connectivity index (χ1n) is 6.65. The number of hydrogen-bond donors (Lipinski definition) is 1. The van der Waals surface area contributed by atoms with Gasteiger partial charge in [-0.2, -0.15) is 0 Å². The van der Waals surface area contributed by atoms with Crippen LogP contribution >= 0.6 is 11.6 Å². The minimum Gasteiger partial charge on any atom is -0.455 e. The molecule has 1 heterocycles. The van der Waals surface area contributed by atoms with Gasteiger partial charge in [-0.05, 0) is 0 Å². The molecule has 1 aliphatic heterocycles. The average Bonchev–Trinajstić information content (AvgIpc) is 2.43. The number of carbonyl (C=O) groups is 3. The van der Waals surface area contributed by atoms with Gasteiger partial charge < -0.3 is 24.1 Å². The lowest BCUT2D eigenvalue weighted by Gasteiger charge is -2.43. The van der Waals surface area contributed by atoms with Crippen molar-refractivity contribution in [2.45, 2.75) is 50.4 Å². The minimum atomic E-state index is -2.87. The molecule has 0 radical (unpaired) electrons. The molecule has 11 nitrogen and oxygen atoms in total. The van der Waals surface area contributed by atoms with Gasteiger partial charge in [-0.3, -0.25) is 24.5 Å². The van der Waals surface area contributed by atoms with Gasteiger partial charge in [0.2, 0.25) is 5.56 Å². The van der Waals surface area contributed by atoms with Crippen molar-refractivity contribution in [2.75, 3.05) is 6.61 Å². The highest BCUT2D eigenvalue weighted by molar-refractivity contribution is 6.20. The van der Waals surface area contributed by atoms with Crippen LogP contribution in [0.25, 0.3) is 0 Å². The number of alkyl halides is 1. The van der Waals surface area contributed by atoms with E-state index in [1.165, 1.54) is 0 Å². The number of carbonyl (C=O) groups excluding carboxylic acids is 3. The van der Waals surface area contributed by atoms with Crippen molar-refractivity contribution < 1.29 is 43.4 Å². The molecule has 0 spiro atoms. The molecule has 0 aromatic carbocycles. The molecular weight excluding hydrogens is 354 g/mol. The van der Waals surface area contributed by atoms with Gasteiger partial charge in [0.1, 0.15) is 6.10 Å². The van der Waals surface area contributed by atoms with Crippen molar-refractivity contribution >= 4 is 29.5 Å². The van der Waals surface area contributed by atoms with Crippen molar-refractivity contribution in [1.82, 2.24) is 0 Å². The smallest absolute Gasteiger partial charge is 0.445 e. The Hall–Kier alpha value is -1.98. The quantitative estimate of drug-likeness (QED) is 0.165. The number of nitrogens with zero attached hydrogens (tertiary/aromatic N) is 1. The van der Waals surface area contributed by atoms with Crippen LogP contribution in [0.2, 0.25) is 0 Å². The topological polar surface area (TPSA) is 152 Å². The highest BCUT2D eigenvalue weighted by atomic mass is 35.5. The van der Waals surface area contributed by atoms with Crippen LogP contribution in [-0.4, -0.2) is 64.1 Å². The summed E-state index contributed by atoms with van der Waals surface area (Å²) in [5.74, 6) is -2.99. The van der Waals surface area contributed by atoms with Gasteiger partial charge in [-0.15, -0.1) is 0 Å². The molecular formula is C12H16ClNO10. The van der Waals surface area contributed by atoms with E-state index < -0.39 is 59.0 Å². The molecule has 0 bridgehead atoms. The third-order valence-corrected chi connectivity index (χ3v) is 3.47. The van der Waals surface area contributed by atoms with Crippen LogP contribution in [0.1, 0.15) is 20.8 Å². The SMILES string of the molecule is CC(=O)O[C@@H]1[C@@H](CO)O[C@@H](Cl)[C@@](OC(C)=O)([N+](=O)[O-])[C@H]1OC(C)=O. The molecule has 0 aliphatic carbocycles. The number of halogens is 1. The Morgan fingerprint density at radius 1 is 1.21 bits per heavy atom. The largest absolute Gasteiger partial charge is 0.455 e. The summed E-state index contributed by atoms with van der Waals surface area (Å²) in [6.07, 6.45) is -4.91. The van der Waals surface area contributed by atoms with E-state index in [1.807, 2.05) is 0 Å². The van der Waals surface area contributed by atoms with E-state index in [4.69, 9.17) is 30.5 Å². The van der Waals surface area contributed by atoms with Crippen molar-refractivity contribution in [3.63, 3.8) is 0 Å². The minimum absolute atomic E-state index is 0.757. The van der Waals surface area contributed by atoms with Gasteiger partial charge in [0.05, 0.1) is 11.5 Å². The second-order valence-corrected chi connectivity index (χ2v) is 5.28. The average molecular weight is 370 g/mol. The third-order valence-electron chi connectivity index (χ3n) is 3.06. The third kappa shape index (κ3) is 3.91. The predicted octanol–water partition coefficient (Wildman–Crippen LogP) is -0.658. The second-order valence-electron chi connectivity index (χ2n) is 4.88. The Labute approximate surface area is 140 Å². The van der Waals surface area contributed by atoms with Crippen LogP contribution in [0, 0.1) is 10.1 Å². The first-order valence-corrected chi connectivity index (χ1v) is 7.08. The summed E-state index contributed by atoms with van der Waals surface area (Å²) in [4.78, 5) is 44.5. The molecule has 136 valence electrons. The molecule has 24 heavy (non-hydrogen) atoms. The lowest BCUT2D eigenvalue weighted by molar-refractivity contribution is -0.652. The van der Waals surface area contributed by atoms with Crippen LogP contribution in [0.5, 0.6) is 0 Å². The fourth-order valence-corrected chi connectivity index (χ4v) is 2.63. The maximum atomic E-state index is 11.6. The molecule has 1 aliphatic rings. The first-order chi connectivity index (χ1) is 11.1. The van der Waals surface area contributed by atoms with Crippen LogP contribution in [0.15, 0.2) is 0 Å². The highest BCUT2D eigenvalue weighted by Gasteiger charge is 2.71.